The fourth-order valence-corrected chi connectivity index (χ4v) is 6.57. The Bertz CT molecular complexity index is 1830. The molecular weight excluding hydrogens is 585 g/mol. The largest absolute Gasteiger partial charge is 0.496 e. The van der Waals surface area contributed by atoms with Gasteiger partial charge in [0.05, 0.1) is 29.6 Å². The number of aromatic nitrogens is 3. The molecule has 44 heavy (non-hydrogen) atoms. The van der Waals surface area contributed by atoms with Crippen LogP contribution < -0.4 is 20.1 Å². The highest BCUT2D eigenvalue weighted by Crippen LogP contribution is 2.48. The molecule has 0 radical (unpaired) electrons. The molecule has 2 aromatic heterocycles. The molecule has 4 heterocycles. The van der Waals surface area contributed by atoms with Crippen LogP contribution in [0.1, 0.15) is 49.9 Å². The van der Waals surface area contributed by atoms with Crippen LogP contribution in [0.5, 0.6) is 11.5 Å². The van der Waals surface area contributed by atoms with E-state index in [0.29, 0.717) is 59.3 Å². The van der Waals surface area contributed by atoms with Gasteiger partial charge in [-0.3, -0.25) is 14.3 Å². The summed E-state index contributed by atoms with van der Waals surface area (Å²) >= 11 is 5.83. The molecule has 0 N–H and O–H groups in total. The van der Waals surface area contributed by atoms with Gasteiger partial charge >= 0.3 is 5.69 Å². The first-order chi connectivity index (χ1) is 21.2. The highest BCUT2D eigenvalue weighted by Gasteiger charge is 2.34. The van der Waals surface area contributed by atoms with Crippen molar-refractivity contribution in [2.24, 2.45) is 0 Å². The molecule has 9 nitrogen and oxygen atoms in total. The highest BCUT2D eigenvalue weighted by atomic mass is 35.5. The lowest BCUT2D eigenvalue weighted by molar-refractivity contribution is -0.131. The molecule has 2 aliphatic rings. The number of halogens is 2. The number of fused-ring (bicyclic) bond motifs is 4. The Kier molecular flexibility index (Phi) is 7.96. The number of ether oxygens (including phenoxy) is 2. The average Bonchev–Trinajstić information content (AvgIpc) is 3.00. The second kappa shape index (κ2) is 11.7. The van der Waals surface area contributed by atoms with Crippen LogP contribution in [0.3, 0.4) is 0 Å². The van der Waals surface area contributed by atoms with E-state index < -0.39 is 11.5 Å². The molecular formula is C33H35ClFN5O4. The van der Waals surface area contributed by atoms with Gasteiger partial charge in [0, 0.05) is 60.7 Å². The zero-order valence-corrected chi connectivity index (χ0v) is 26.2. The minimum atomic E-state index is -0.617. The Morgan fingerprint density at radius 2 is 2.02 bits per heavy atom. The van der Waals surface area contributed by atoms with Crippen LogP contribution in [0.25, 0.3) is 27.7 Å². The third kappa shape index (κ3) is 4.85. The monoisotopic (exact) mass is 619 g/mol. The summed E-state index contributed by atoms with van der Waals surface area (Å²) in [5.74, 6) is 0.787. The lowest BCUT2D eigenvalue weighted by atomic mass is 9.93. The van der Waals surface area contributed by atoms with Crippen molar-refractivity contribution in [3.63, 3.8) is 0 Å². The molecule has 4 aromatic rings. The van der Waals surface area contributed by atoms with Gasteiger partial charge in [-0.1, -0.05) is 26.0 Å². The molecule has 2 aromatic carbocycles. The number of nitrogens with zero attached hydrogens (tertiary/aromatic N) is 5. The van der Waals surface area contributed by atoms with Crippen molar-refractivity contribution in [1.29, 1.82) is 0 Å². The van der Waals surface area contributed by atoms with E-state index in [9.17, 15) is 9.59 Å². The van der Waals surface area contributed by atoms with Crippen LogP contribution in [-0.4, -0.2) is 64.0 Å². The molecule has 0 spiro atoms. The average molecular weight is 620 g/mol. The van der Waals surface area contributed by atoms with Crippen LogP contribution >= 0.6 is 11.6 Å². The van der Waals surface area contributed by atoms with Crippen molar-refractivity contribution in [2.75, 3.05) is 37.5 Å². The molecule has 1 atom stereocenters. The zero-order valence-electron chi connectivity index (χ0n) is 25.5. The maximum Gasteiger partial charge on any atom is 0.354 e. The number of amides is 1. The van der Waals surface area contributed by atoms with Crippen LogP contribution in [0, 0.1) is 12.7 Å². The zero-order chi connectivity index (χ0) is 31.3. The highest BCUT2D eigenvalue weighted by molar-refractivity contribution is 6.18. The summed E-state index contributed by atoms with van der Waals surface area (Å²) in [7, 11) is 1.55. The van der Waals surface area contributed by atoms with E-state index in [1.807, 2.05) is 50.8 Å². The van der Waals surface area contributed by atoms with Gasteiger partial charge in [0.2, 0.25) is 5.91 Å². The predicted octanol–water partition coefficient (Wildman–Crippen LogP) is 5.59. The van der Waals surface area contributed by atoms with Gasteiger partial charge in [0.15, 0.2) is 5.82 Å². The van der Waals surface area contributed by atoms with Crippen LogP contribution in [-0.2, 0) is 11.4 Å². The van der Waals surface area contributed by atoms with Gasteiger partial charge in [0.1, 0.15) is 23.9 Å². The molecule has 0 unspecified atom stereocenters. The number of aryl methyl sites for hydroxylation is 1. The molecule has 6 rings (SSSR count). The van der Waals surface area contributed by atoms with Gasteiger partial charge in [-0.2, -0.15) is 4.98 Å². The maximum atomic E-state index is 17.4. The molecule has 1 fully saturated rings. The molecule has 1 amide bonds. The number of benzene rings is 2. The molecule has 1 saturated heterocycles. The van der Waals surface area contributed by atoms with Crippen molar-refractivity contribution in [3.05, 3.63) is 69.7 Å². The van der Waals surface area contributed by atoms with Gasteiger partial charge in [-0.05, 0) is 43.5 Å². The van der Waals surface area contributed by atoms with Gasteiger partial charge in [-0.15, -0.1) is 11.6 Å². The normalized spacial score (nSPS) is 16.1. The smallest absolute Gasteiger partial charge is 0.354 e. The summed E-state index contributed by atoms with van der Waals surface area (Å²) < 4.78 is 30.6. The predicted molar refractivity (Wildman–Crippen MR) is 169 cm³/mol. The summed E-state index contributed by atoms with van der Waals surface area (Å²) in [6.45, 7) is 9.33. The van der Waals surface area contributed by atoms with Crippen molar-refractivity contribution in [1.82, 2.24) is 19.4 Å². The van der Waals surface area contributed by atoms with E-state index in [2.05, 4.69) is 9.97 Å². The van der Waals surface area contributed by atoms with E-state index >= 15 is 4.39 Å². The Hall–Kier alpha value is -4.18. The first-order valence-electron chi connectivity index (χ1n) is 14.8. The van der Waals surface area contributed by atoms with Crippen LogP contribution in [0.4, 0.5) is 10.2 Å². The number of piperazine rings is 1. The molecule has 0 aliphatic carbocycles. The molecule has 230 valence electrons. The van der Waals surface area contributed by atoms with Crippen molar-refractivity contribution in [3.8, 4) is 28.3 Å². The van der Waals surface area contributed by atoms with Crippen molar-refractivity contribution < 1.29 is 18.7 Å². The number of rotatable bonds is 6. The van der Waals surface area contributed by atoms with Gasteiger partial charge in [0.25, 0.3) is 0 Å². The number of methoxy groups -OCH3 is 1. The number of carbonyl (C=O) groups is 1. The number of pyridine rings is 1. The van der Waals surface area contributed by atoms with Gasteiger partial charge in [-0.25, -0.2) is 9.18 Å². The summed E-state index contributed by atoms with van der Waals surface area (Å²) in [5.41, 5.74) is 3.03. The van der Waals surface area contributed by atoms with E-state index in [1.165, 1.54) is 4.57 Å². The number of hydrogen-bond acceptors (Lipinski definition) is 7. The molecule has 11 heteroatoms. The fourth-order valence-electron chi connectivity index (χ4n) is 6.40. The Morgan fingerprint density at radius 3 is 2.73 bits per heavy atom. The number of alkyl halides is 1. The molecule has 0 bridgehead atoms. The SMILES string of the molecule is COc1cccc2c1-c1c(cc3c(N4CCN(C(=O)CCCl)C[C@@H]4C)nc(=O)n(-c4c(C)ccnc4C(C)C)c3c1F)OC2. The quantitative estimate of drug-likeness (QED) is 0.260. The Morgan fingerprint density at radius 1 is 1.23 bits per heavy atom. The second-order valence-corrected chi connectivity index (χ2v) is 12.0. The standard InChI is InChI=1S/C33H35ClFN5O4/c1-18(2)29-30(19(3)10-12-36-29)40-31-22(15-24-27(28(31)35)26-21(17-44-24)7-6-8-23(26)43-5)32(37-33(40)42)39-14-13-38(16-20(39)4)25(41)9-11-34/h6-8,10,12,15,18,20H,9,11,13-14,16-17H2,1-5H3/t20-/m0/s1. The van der Waals surface area contributed by atoms with E-state index in [-0.39, 0.29) is 47.9 Å². The number of anilines is 1. The van der Waals surface area contributed by atoms with Crippen LogP contribution in [0.2, 0.25) is 0 Å². The topological polar surface area (TPSA) is 89.8 Å². The second-order valence-electron chi connectivity index (χ2n) is 11.6. The maximum absolute atomic E-state index is 17.4. The summed E-state index contributed by atoms with van der Waals surface area (Å²) in [6.07, 6.45) is 1.96. The van der Waals surface area contributed by atoms with E-state index in [0.717, 1.165) is 11.1 Å². The first kappa shape index (κ1) is 29.9. The fraction of sp³-hybridized carbons (Fsp3) is 0.394. The van der Waals surface area contributed by atoms with Gasteiger partial charge < -0.3 is 19.3 Å². The molecule has 0 saturated carbocycles. The van der Waals surface area contributed by atoms with Crippen LogP contribution in [0.15, 0.2) is 41.3 Å². The minimum Gasteiger partial charge on any atom is -0.496 e. The van der Waals surface area contributed by atoms with Crippen molar-refractivity contribution >= 4 is 34.2 Å². The minimum absolute atomic E-state index is 0.0193. The third-order valence-electron chi connectivity index (χ3n) is 8.51. The summed E-state index contributed by atoms with van der Waals surface area (Å²) in [5, 5.41) is 0.435. The lowest BCUT2D eigenvalue weighted by Crippen LogP contribution is -2.54. The van der Waals surface area contributed by atoms with E-state index in [4.69, 9.17) is 21.1 Å². The third-order valence-corrected chi connectivity index (χ3v) is 8.70. The van der Waals surface area contributed by atoms with Crippen molar-refractivity contribution in [2.45, 2.75) is 52.7 Å². The molecule has 2 aliphatic heterocycles. The summed E-state index contributed by atoms with van der Waals surface area (Å²) in [6, 6.07) is 8.91. The summed E-state index contributed by atoms with van der Waals surface area (Å²) in [4.78, 5) is 39.7. The number of hydrogen-bond donors (Lipinski definition) is 0. The lowest BCUT2D eigenvalue weighted by Gasteiger charge is -2.41. The Labute approximate surface area is 260 Å². The van der Waals surface area contributed by atoms with E-state index in [1.54, 1.807) is 30.3 Å². The Balaban J connectivity index is 1.66. The first-order valence-corrected chi connectivity index (χ1v) is 15.3. The number of carbonyl (C=O) groups excluding carboxylic acids is 1.